The fourth-order valence-electron chi connectivity index (χ4n) is 4.30. The molecule has 3 rings (SSSR count). The van der Waals surface area contributed by atoms with Crippen LogP contribution in [-0.2, 0) is 11.3 Å². The maximum atomic E-state index is 11.4. The predicted molar refractivity (Wildman–Crippen MR) is 133 cm³/mol. The summed E-state index contributed by atoms with van der Waals surface area (Å²) in [4.78, 5) is 23.2. The second-order valence-corrected chi connectivity index (χ2v) is 8.45. The van der Waals surface area contributed by atoms with Crippen LogP contribution in [0.5, 0.6) is 0 Å². The van der Waals surface area contributed by atoms with Crippen molar-refractivity contribution >= 4 is 41.7 Å². The molecule has 0 unspecified atom stereocenters. The standard InChI is InChI=1S/C22H36N6O.HI/c1-3-24-22(27-19-8-6-16(2)7-9-19)26-15-18-5-4-12-25-21(18)28-13-10-17(11-14-28)20(23)29;/h4-5,12,16-17,19H,3,6-11,13-15H2,1-2H3,(H2,23,29)(H2,24,26,27);1H. The van der Waals surface area contributed by atoms with E-state index in [1.807, 2.05) is 12.3 Å². The van der Waals surface area contributed by atoms with E-state index in [0.717, 1.165) is 55.7 Å². The second kappa shape index (κ2) is 12.3. The van der Waals surface area contributed by atoms with Crippen molar-refractivity contribution in [3.05, 3.63) is 23.9 Å². The summed E-state index contributed by atoms with van der Waals surface area (Å²) in [5, 5.41) is 7.00. The van der Waals surface area contributed by atoms with Gasteiger partial charge in [0, 0.05) is 43.4 Å². The Labute approximate surface area is 197 Å². The largest absolute Gasteiger partial charge is 0.369 e. The van der Waals surface area contributed by atoms with Crippen LogP contribution in [0, 0.1) is 11.8 Å². The van der Waals surface area contributed by atoms with Gasteiger partial charge in [0.2, 0.25) is 5.91 Å². The van der Waals surface area contributed by atoms with Crippen LogP contribution in [0.4, 0.5) is 5.82 Å². The van der Waals surface area contributed by atoms with Crippen LogP contribution in [0.2, 0.25) is 0 Å². The minimum absolute atomic E-state index is 0. The molecule has 0 radical (unpaired) electrons. The van der Waals surface area contributed by atoms with Crippen LogP contribution < -0.4 is 21.3 Å². The Bertz CT molecular complexity index is 697. The number of nitrogens with zero attached hydrogens (tertiary/aromatic N) is 3. The van der Waals surface area contributed by atoms with Gasteiger partial charge < -0.3 is 21.3 Å². The first-order chi connectivity index (χ1) is 14.1. The fraction of sp³-hybridized carbons (Fsp3) is 0.682. The predicted octanol–water partition coefficient (Wildman–Crippen LogP) is 3.04. The zero-order valence-electron chi connectivity index (χ0n) is 18.3. The molecule has 0 spiro atoms. The van der Waals surface area contributed by atoms with Gasteiger partial charge in [-0.3, -0.25) is 4.79 Å². The van der Waals surface area contributed by atoms with E-state index >= 15 is 0 Å². The van der Waals surface area contributed by atoms with E-state index in [1.165, 1.54) is 25.7 Å². The van der Waals surface area contributed by atoms with E-state index < -0.39 is 0 Å². The van der Waals surface area contributed by atoms with Gasteiger partial charge >= 0.3 is 0 Å². The summed E-state index contributed by atoms with van der Waals surface area (Å²) in [5.74, 6) is 2.49. The van der Waals surface area contributed by atoms with Crippen LogP contribution >= 0.6 is 24.0 Å². The number of halogens is 1. The van der Waals surface area contributed by atoms with Crippen molar-refractivity contribution in [1.29, 1.82) is 0 Å². The molecule has 1 amide bonds. The van der Waals surface area contributed by atoms with Crippen molar-refractivity contribution in [1.82, 2.24) is 15.6 Å². The number of piperidine rings is 1. The van der Waals surface area contributed by atoms with Gasteiger partial charge in [-0.2, -0.15) is 0 Å². The van der Waals surface area contributed by atoms with Gasteiger partial charge in [0.15, 0.2) is 5.96 Å². The third kappa shape index (κ3) is 6.99. The van der Waals surface area contributed by atoms with Gasteiger partial charge in [0.25, 0.3) is 0 Å². The summed E-state index contributed by atoms with van der Waals surface area (Å²) in [6, 6.07) is 4.57. The number of nitrogens with one attached hydrogen (secondary N) is 2. The number of anilines is 1. The smallest absolute Gasteiger partial charge is 0.220 e. The van der Waals surface area contributed by atoms with Crippen molar-refractivity contribution in [3.8, 4) is 0 Å². The number of rotatable bonds is 6. The number of primary amides is 1. The lowest BCUT2D eigenvalue weighted by molar-refractivity contribution is -0.122. The lowest BCUT2D eigenvalue weighted by Gasteiger charge is -2.32. The van der Waals surface area contributed by atoms with E-state index in [9.17, 15) is 4.79 Å². The molecule has 168 valence electrons. The van der Waals surface area contributed by atoms with Gasteiger partial charge in [-0.25, -0.2) is 9.98 Å². The number of carbonyl (C=O) groups excluding carboxylic acids is 1. The molecule has 2 heterocycles. The molecule has 1 aromatic heterocycles. The zero-order chi connectivity index (χ0) is 20.6. The second-order valence-electron chi connectivity index (χ2n) is 8.45. The Kier molecular flexibility index (Phi) is 10.1. The lowest BCUT2D eigenvalue weighted by Crippen LogP contribution is -2.44. The molecule has 0 atom stereocenters. The molecular formula is C22H37IN6O. The number of aliphatic imine (C=N–C) groups is 1. The molecule has 1 aromatic rings. The number of aromatic nitrogens is 1. The molecule has 1 saturated carbocycles. The number of guanidine groups is 1. The molecule has 4 N–H and O–H groups in total. The van der Waals surface area contributed by atoms with Gasteiger partial charge in [0.05, 0.1) is 6.54 Å². The molecule has 8 heteroatoms. The molecular weight excluding hydrogens is 491 g/mol. The number of pyridine rings is 1. The van der Waals surface area contributed by atoms with Crippen LogP contribution in [0.25, 0.3) is 0 Å². The van der Waals surface area contributed by atoms with Crippen LogP contribution in [-0.4, -0.2) is 42.5 Å². The highest BCUT2D eigenvalue weighted by atomic mass is 127. The highest BCUT2D eigenvalue weighted by molar-refractivity contribution is 14.0. The summed E-state index contributed by atoms with van der Waals surface area (Å²) >= 11 is 0. The maximum Gasteiger partial charge on any atom is 0.220 e. The molecule has 1 saturated heterocycles. The van der Waals surface area contributed by atoms with Crippen LogP contribution in [0.1, 0.15) is 57.9 Å². The third-order valence-corrected chi connectivity index (χ3v) is 6.17. The normalized spacial score (nSPS) is 22.9. The van der Waals surface area contributed by atoms with Crippen molar-refractivity contribution in [3.63, 3.8) is 0 Å². The minimum atomic E-state index is -0.186. The summed E-state index contributed by atoms with van der Waals surface area (Å²) in [6.07, 6.45) is 8.39. The zero-order valence-corrected chi connectivity index (χ0v) is 20.6. The van der Waals surface area contributed by atoms with E-state index in [1.54, 1.807) is 0 Å². The third-order valence-electron chi connectivity index (χ3n) is 6.17. The molecule has 0 aromatic carbocycles. The average Bonchev–Trinajstić information content (AvgIpc) is 2.74. The molecule has 0 bridgehead atoms. The fourth-order valence-corrected chi connectivity index (χ4v) is 4.30. The molecule has 2 fully saturated rings. The summed E-state index contributed by atoms with van der Waals surface area (Å²) in [6.45, 7) is 7.47. The summed E-state index contributed by atoms with van der Waals surface area (Å²) in [7, 11) is 0. The number of hydrogen-bond donors (Lipinski definition) is 3. The van der Waals surface area contributed by atoms with Crippen LogP contribution in [0.15, 0.2) is 23.3 Å². The molecule has 2 aliphatic rings. The Hall–Kier alpha value is -1.58. The number of carbonyl (C=O) groups is 1. The van der Waals surface area contributed by atoms with Crippen molar-refractivity contribution in [2.24, 2.45) is 22.6 Å². The number of amides is 1. The topological polar surface area (TPSA) is 95.6 Å². The Morgan fingerprint density at radius 3 is 2.57 bits per heavy atom. The lowest BCUT2D eigenvalue weighted by atomic mass is 9.87. The van der Waals surface area contributed by atoms with Gasteiger partial charge in [-0.1, -0.05) is 13.0 Å². The highest BCUT2D eigenvalue weighted by Crippen LogP contribution is 2.25. The minimum Gasteiger partial charge on any atom is -0.369 e. The van der Waals surface area contributed by atoms with E-state index in [2.05, 4.69) is 40.4 Å². The SMILES string of the molecule is CCNC(=NCc1cccnc1N1CCC(C(N)=O)CC1)NC1CCC(C)CC1.I. The molecule has 1 aliphatic heterocycles. The first kappa shape index (κ1) is 24.7. The van der Waals surface area contributed by atoms with E-state index in [0.29, 0.717) is 12.6 Å². The Balaban J connectivity index is 0.00000320. The number of nitrogens with two attached hydrogens (primary N) is 1. The quantitative estimate of drug-likeness (QED) is 0.300. The van der Waals surface area contributed by atoms with Crippen LogP contribution in [0.3, 0.4) is 0 Å². The van der Waals surface area contributed by atoms with Gasteiger partial charge in [0.1, 0.15) is 5.82 Å². The Morgan fingerprint density at radius 1 is 1.23 bits per heavy atom. The summed E-state index contributed by atoms with van der Waals surface area (Å²) < 4.78 is 0. The highest BCUT2D eigenvalue weighted by Gasteiger charge is 2.25. The van der Waals surface area contributed by atoms with E-state index in [4.69, 9.17) is 10.7 Å². The first-order valence-electron chi connectivity index (χ1n) is 11.1. The summed E-state index contributed by atoms with van der Waals surface area (Å²) in [5.41, 5.74) is 6.58. The monoisotopic (exact) mass is 528 g/mol. The first-order valence-corrected chi connectivity index (χ1v) is 11.1. The number of hydrogen-bond acceptors (Lipinski definition) is 4. The molecule has 7 nitrogen and oxygen atoms in total. The maximum absolute atomic E-state index is 11.4. The van der Waals surface area contributed by atoms with Gasteiger partial charge in [-0.15, -0.1) is 24.0 Å². The van der Waals surface area contributed by atoms with Gasteiger partial charge in [-0.05, 0) is 57.4 Å². The molecule has 30 heavy (non-hydrogen) atoms. The van der Waals surface area contributed by atoms with Crippen molar-refractivity contribution in [2.75, 3.05) is 24.5 Å². The Morgan fingerprint density at radius 2 is 1.93 bits per heavy atom. The van der Waals surface area contributed by atoms with Crippen molar-refractivity contribution < 1.29 is 4.79 Å². The average molecular weight is 528 g/mol. The van der Waals surface area contributed by atoms with E-state index in [-0.39, 0.29) is 35.8 Å². The van der Waals surface area contributed by atoms with Crippen molar-refractivity contribution in [2.45, 2.75) is 65.0 Å². The molecule has 1 aliphatic carbocycles.